The first-order valence-electron chi connectivity index (χ1n) is 4.18. The third-order valence-electron chi connectivity index (χ3n) is 1.65. The molecule has 0 saturated heterocycles. The van der Waals surface area contributed by atoms with E-state index in [2.05, 4.69) is 19.8 Å². The van der Waals surface area contributed by atoms with Crippen molar-refractivity contribution in [1.29, 1.82) is 0 Å². The predicted molar refractivity (Wildman–Crippen MR) is 52.6 cm³/mol. The van der Waals surface area contributed by atoms with E-state index in [-0.39, 0.29) is 17.1 Å². The Hall–Kier alpha value is 0.189. The number of carbonyl (C=O) groups excluding carboxylic acids is 1. The Bertz CT molecular complexity index is 135. The molecule has 2 fully saturated rings. The molecule has 2 aliphatic rings. The molecule has 0 aromatic carbocycles. The monoisotopic (exact) mass is 228 g/mol. The third kappa shape index (κ3) is 5.82. The van der Waals surface area contributed by atoms with Crippen LogP contribution in [0.25, 0.3) is 0 Å². The summed E-state index contributed by atoms with van der Waals surface area (Å²) in [5, 5.41) is 0. The SMILES string of the molecule is C[C]1[CH][CH][CH][CH]1.O=C[C]1[CH][CH][CH][CH]1.[Fe+2]. The molecule has 72 valence electrons. The van der Waals surface area contributed by atoms with Crippen LogP contribution in [0.5, 0.6) is 0 Å². The Morgan fingerprint density at radius 3 is 1.57 bits per heavy atom. The van der Waals surface area contributed by atoms with Crippen molar-refractivity contribution in [3.8, 4) is 0 Å². The van der Waals surface area contributed by atoms with Crippen molar-refractivity contribution >= 4 is 6.29 Å². The second kappa shape index (κ2) is 8.49. The largest absolute Gasteiger partial charge is 2.00 e. The first-order chi connectivity index (χ1) is 6.33. The second-order valence-corrected chi connectivity index (χ2v) is 2.80. The smallest absolute Gasteiger partial charge is 0.303 e. The van der Waals surface area contributed by atoms with E-state index in [1.54, 1.807) is 12.8 Å². The predicted octanol–water partition coefficient (Wildman–Crippen LogP) is 2.00. The van der Waals surface area contributed by atoms with Gasteiger partial charge in [-0.2, -0.15) is 0 Å². The van der Waals surface area contributed by atoms with Crippen LogP contribution in [0.3, 0.4) is 0 Å². The van der Waals surface area contributed by atoms with Crippen molar-refractivity contribution < 1.29 is 21.9 Å². The van der Waals surface area contributed by atoms with Crippen molar-refractivity contribution in [3.05, 3.63) is 63.2 Å². The summed E-state index contributed by atoms with van der Waals surface area (Å²) in [5.74, 6) is 2.09. The van der Waals surface area contributed by atoms with Gasteiger partial charge in [-0.15, -0.1) is 0 Å². The second-order valence-electron chi connectivity index (χ2n) is 2.80. The maximum Gasteiger partial charge on any atom is 2.00 e. The van der Waals surface area contributed by atoms with Crippen LogP contribution in [-0.4, -0.2) is 6.29 Å². The molecule has 0 amide bonds. The Morgan fingerprint density at radius 1 is 0.929 bits per heavy atom. The summed E-state index contributed by atoms with van der Waals surface area (Å²) in [5.41, 5.74) is 0. The first-order valence-corrected chi connectivity index (χ1v) is 4.18. The maximum atomic E-state index is 9.87. The van der Waals surface area contributed by atoms with Gasteiger partial charge in [0.1, 0.15) is 6.29 Å². The van der Waals surface area contributed by atoms with E-state index >= 15 is 0 Å². The fourth-order valence-corrected chi connectivity index (χ4v) is 0.938. The molecule has 2 aliphatic carbocycles. The number of hydrogen-bond acceptors (Lipinski definition) is 1. The topological polar surface area (TPSA) is 17.1 Å². The molecule has 2 saturated carbocycles. The minimum absolute atomic E-state index is 0. The van der Waals surface area contributed by atoms with Crippen molar-refractivity contribution in [2.75, 3.05) is 0 Å². The molecule has 0 bridgehead atoms. The molecule has 0 aromatic rings. The molecule has 14 heavy (non-hydrogen) atoms. The molecule has 0 atom stereocenters. The van der Waals surface area contributed by atoms with Crippen molar-refractivity contribution in [1.82, 2.24) is 0 Å². The Kier molecular flexibility index (Phi) is 8.61. The van der Waals surface area contributed by atoms with Gasteiger partial charge in [-0.05, 0) is 57.3 Å². The van der Waals surface area contributed by atoms with Gasteiger partial charge < -0.3 is 4.79 Å². The van der Waals surface area contributed by atoms with Gasteiger partial charge in [0.05, 0.1) is 0 Å². The van der Waals surface area contributed by atoms with Crippen LogP contribution in [-0.2, 0) is 21.9 Å². The Balaban J connectivity index is 0.000000227. The summed E-state index contributed by atoms with van der Waals surface area (Å²) >= 11 is 0. The average Bonchev–Trinajstić information content (AvgIpc) is 2.76. The van der Waals surface area contributed by atoms with Gasteiger partial charge in [0, 0.05) is 5.92 Å². The van der Waals surface area contributed by atoms with E-state index < -0.39 is 0 Å². The van der Waals surface area contributed by atoms with Gasteiger partial charge in [-0.25, -0.2) is 0 Å². The van der Waals surface area contributed by atoms with E-state index in [1.807, 2.05) is 25.7 Å². The van der Waals surface area contributed by atoms with Crippen molar-refractivity contribution in [2.45, 2.75) is 6.92 Å². The van der Waals surface area contributed by atoms with E-state index in [9.17, 15) is 4.79 Å². The summed E-state index contributed by atoms with van der Waals surface area (Å²) in [6.07, 6.45) is 16.3. The summed E-state index contributed by atoms with van der Waals surface area (Å²) in [7, 11) is 0. The molecular weight excluding hydrogens is 216 g/mol. The third-order valence-corrected chi connectivity index (χ3v) is 1.65. The van der Waals surface area contributed by atoms with Gasteiger partial charge in [0.15, 0.2) is 0 Å². The Morgan fingerprint density at radius 2 is 1.36 bits per heavy atom. The van der Waals surface area contributed by atoms with Crippen LogP contribution in [0, 0.1) is 63.2 Å². The van der Waals surface area contributed by atoms with Gasteiger partial charge in [-0.3, -0.25) is 0 Å². The molecule has 0 aliphatic heterocycles. The number of hydrogen-bond donors (Lipinski definition) is 0. The first kappa shape index (κ1) is 14.2. The summed E-state index contributed by atoms with van der Waals surface area (Å²) in [4.78, 5) is 9.87. The number of aldehydes is 1. The number of carbonyl (C=O) groups is 1. The van der Waals surface area contributed by atoms with E-state index in [0.29, 0.717) is 0 Å². The zero-order valence-corrected chi connectivity index (χ0v) is 9.06. The van der Waals surface area contributed by atoms with Crippen molar-refractivity contribution in [2.24, 2.45) is 0 Å². The van der Waals surface area contributed by atoms with Crippen LogP contribution in [0.15, 0.2) is 0 Å². The van der Waals surface area contributed by atoms with Crippen LogP contribution < -0.4 is 0 Å². The van der Waals surface area contributed by atoms with Crippen molar-refractivity contribution in [3.63, 3.8) is 0 Å². The minimum Gasteiger partial charge on any atom is -0.303 e. The molecule has 0 aromatic heterocycles. The van der Waals surface area contributed by atoms with Crippen LogP contribution in [0.1, 0.15) is 6.92 Å². The molecular formula is C12H12FeO+2. The minimum atomic E-state index is 0. The van der Waals surface area contributed by atoms with Gasteiger partial charge in [0.2, 0.25) is 0 Å². The Labute approximate surface area is 98.5 Å². The summed E-state index contributed by atoms with van der Waals surface area (Å²) < 4.78 is 0. The zero-order chi connectivity index (χ0) is 9.52. The van der Waals surface area contributed by atoms with Crippen LogP contribution in [0.4, 0.5) is 0 Å². The molecule has 10 radical (unpaired) electrons. The molecule has 0 heterocycles. The maximum absolute atomic E-state index is 9.87. The standard InChI is InChI=1S/C6H5O.C6H7.Fe/c7-5-6-3-1-2-4-6;1-6-4-2-3-5-6;/h1-5H;2-5H,1H3;/q;;+2. The van der Waals surface area contributed by atoms with E-state index in [4.69, 9.17) is 0 Å². The zero-order valence-electron chi connectivity index (χ0n) is 7.96. The fourth-order valence-electron chi connectivity index (χ4n) is 0.938. The fraction of sp³-hybridized carbons (Fsp3) is 0.0833. The summed E-state index contributed by atoms with van der Waals surface area (Å²) in [6.45, 7) is 2.08. The van der Waals surface area contributed by atoms with Crippen LogP contribution >= 0.6 is 0 Å². The number of rotatable bonds is 1. The normalized spacial score (nSPS) is 22.4. The van der Waals surface area contributed by atoms with Gasteiger partial charge in [0.25, 0.3) is 0 Å². The van der Waals surface area contributed by atoms with Crippen LogP contribution in [0.2, 0.25) is 0 Å². The quantitative estimate of drug-likeness (QED) is 0.495. The van der Waals surface area contributed by atoms with Gasteiger partial charge >= 0.3 is 17.1 Å². The molecule has 2 heteroatoms. The molecule has 0 N–H and O–H groups in total. The van der Waals surface area contributed by atoms with Gasteiger partial charge in [-0.1, -0.05) is 6.92 Å². The average molecular weight is 228 g/mol. The summed E-state index contributed by atoms with van der Waals surface area (Å²) in [6, 6.07) is 0. The molecule has 0 spiro atoms. The molecule has 0 unspecified atom stereocenters. The molecule has 2 rings (SSSR count). The van der Waals surface area contributed by atoms with E-state index in [1.165, 1.54) is 5.92 Å². The molecule has 1 nitrogen and oxygen atoms in total. The van der Waals surface area contributed by atoms with E-state index in [0.717, 1.165) is 12.2 Å².